The van der Waals surface area contributed by atoms with E-state index in [2.05, 4.69) is 37.4 Å². The Kier molecular flexibility index (Phi) is 7.72. The van der Waals surface area contributed by atoms with Gasteiger partial charge >= 0.3 is 0 Å². The molecule has 0 aromatic heterocycles. The first kappa shape index (κ1) is 22.9. The SMILES string of the molecule is CCCNC(=O)C(C)Oc1ccc2c(c1)C(c1ccccc1)N(C(=O)CC(C)C)CC2. The van der Waals surface area contributed by atoms with Gasteiger partial charge in [-0.05, 0) is 54.5 Å². The third-order valence-corrected chi connectivity index (χ3v) is 5.60. The zero-order chi connectivity index (χ0) is 22.4. The van der Waals surface area contributed by atoms with E-state index >= 15 is 0 Å². The fourth-order valence-corrected chi connectivity index (χ4v) is 4.05. The third-order valence-electron chi connectivity index (χ3n) is 5.60. The first-order valence-corrected chi connectivity index (χ1v) is 11.3. The summed E-state index contributed by atoms with van der Waals surface area (Å²) in [5, 5.41) is 2.87. The molecule has 2 atom stereocenters. The molecular weight excluding hydrogens is 388 g/mol. The summed E-state index contributed by atoms with van der Waals surface area (Å²) in [6, 6.07) is 16.0. The number of fused-ring (bicyclic) bond motifs is 1. The minimum atomic E-state index is -0.581. The molecule has 5 heteroatoms. The maximum Gasteiger partial charge on any atom is 0.260 e. The van der Waals surface area contributed by atoms with Crippen LogP contribution in [-0.4, -0.2) is 35.9 Å². The summed E-state index contributed by atoms with van der Waals surface area (Å²) in [7, 11) is 0. The van der Waals surface area contributed by atoms with Crippen molar-refractivity contribution < 1.29 is 14.3 Å². The Balaban J connectivity index is 1.92. The smallest absolute Gasteiger partial charge is 0.260 e. The monoisotopic (exact) mass is 422 g/mol. The van der Waals surface area contributed by atoms with E-state index in [-0.39, 0.29) is 17.9 Å². The second-order valence-electron chi connectivity index (χ2n) is 8.66. The molecule has 0 radical (unpaired) electrons. The number of carbonyl (C=O) groups excluding carboxylic acids is 2. The van der Waals surface area contributed by atoms with Crippen molar-refractivity contribution in [3.05, 3.63) is 65.2 Å². The number of rotatable bonds is 8. The normalized spacial score (nSPS) is 16.5. The molecule has 0 spiro atoms. The van der Waals surface area contributed by atoms with E-state index < -0.39 is 6.10 Å². The van der Waals surface area contributed by atoms with E-state index in [0.717, 1.165) is 24.0 Å². The highest BCUT2D eigenvalue weighted by molar-refractivity contribution is 5.80. The van der Waals surface area contributed by atoms with Crippen LogP contribution in [-0.2, 0) is 16.0 Å². The standard InChI is InChI=1S/C26H34N2O3/c1-5-14-27-26(30)19(4)31-22-12-11-20-13-15-28(24(29)16-18(2)3)25(23(20)17-22)21-9-7-6-8-10-21/h6-12,17-19,25H,5,13-16H2,1-4H3,(H,27,30). The van der Waals surface area contributed by atoms with Crippen LogP contribution in [0.15, 0.2) is 48.5 Å². The number of carbonyl (C=O) groups is 2. The first-order valence-electron chi connectivity index (χ1n) is 11.3. The molecule has 2 aromatic carbocycles. The lowest BCUT2D eigenvalue weighted by Crippen LogP contribution is -2.41. The Morgan fingerprint density at radius 1 is 1.13 bits per heavy atom. The molecule has 2 aromatic rings. The van der Waals surface area contributed by atoms with Gasteiger partial charge in [-0.3, -0.25) is 9.59 Å². The van der Waals surface area contributed by atoms with Crippen LogP contribution in [0.4, 0.5) is 0 Å². The second kappa shape index (κ2) is 10.5. The highest BCUT2D eigenvalue weighted by Crippen LogP contribution is 2.37. The molecule has 1 aliphatic heterocycles. The van der Waals surface area contributed by atoms with Gasteiger partial charge in [0, 0.05) is 19.5 Å². The lowest BCUT2D eigenvalue weighted by Gasteiger charge is -2.38. The van der Waals surface area contributed by atoms with Crippen molar-refractivity contribution in [2.45, 2.75) is 59.1 Å². The Hall–Kier alpha value is -2.82. The summed E-state index contributed by atoms with van der Waals surface area (Å²) in [5.41, 5.74) is 3.39. The highest BCUT2D eigenvalue weighted by atomic mass is 16.5. The van der Waals surface area contributed by atoms with E-state index in [9.17, 15) is 9.59 Å². The van der Waals surface area contributed by atoms with Crippen molar-refractivity contribution >= 4 is 11.8 Å². The highest BCUT2D eigenvalue weighted by Gasteiger charge is 2.32. The molecule has 1 N–H and O–H groups in total. The lowest BCUT2D eigenvalue weighted by molar-refractivity contribution is -0.134. The Morgan fingerprint density at radius 3 is 2.55 bits per heavy atom. The number of nitrogens with zero attached hydrogens (tertiary/aromatic N) is 1. The van der Waals surface area contributed by atoms with Crippen molar-refractivity contribution in [2.75, 3.05) is 13.1 Å². The van der Waals surface area contributed by atoms with Crippen molar-refractivity contribution in [3.8, 4) is 5.75 Å². The lowest BCUT2D eigenvalue weighted by atomic mass is 9.87. The predicted octanol–water partition coefficient (Wildman–Crippen LogP) is 4.50. The van der Waals surface area contributed by atoms with E-state index in [1.165, 1.54) is 5.56 Å². The number of ether oxygens (including phenoxy) is 1. The molecule has 3 rings (SSSR count). The van der Waals surface area contributed by atoms with Crippen LogP contribution in [0.25, 0.3) is 0 Å². The van der Waals surface area contributed by atoms with E-state index in [1.54, 1.807) is 6.92 Å². The molecule has 0 fully saturated rings. The van der Waals surface area contributed by atoms with Gasteiger partial charge in [-0.25, -0.2) is 0 Å². The molecule has 0 aliphatic carbocycles. The summed E-state index contributed by atoms with van der Waals surface area (Å²) in [6.07, 6.45) is 1.65. The molecule has 0 bridgehead atoms. The van der Waals surface area contributed by atoms with Gasteiger partial charge in [-0.1, -0.05) is 57.2 Å². The van der Waals surface area contributed by atoms with Gasteiger partial charge in [0.05, 0.1) is 6.04 Å². The van der Waals surface area contributed by atoms with Gasteiger partial charge in [0.25, 0.3) is 5.91 Å². The zero-order valence-electron chi connectivity index (χ0n) is 19.1. The quantitative estimate of drug-likeness (QED) is 0.681. The number of hydrogen-bond donors (Lipinski definition) is 1. The van der Waals surface area contributed by atoms with Gasteiger partial charge in [-0.15, -0.1) is 0 Å². The van der Waals surface area contributed by atoms with Gasteiger partial charge in [0.1, 0.15) is 5.75 Å². The van der Waals surface area contributed by atoms with E-state index in [4.69, 9.17) is 4.74 Å². The van der Waals surface area contributed by atoms with Crippen LogP contribution in [0.5, 0.6) is 5.75 Å². The number of benzene rings is 2. The third kappa shape index (κ3) is 5.66. The van der Waals surface area contributed by atoms with Crippen molar-refractivity contribution in [1.82, 2.24) is 10.2 Å². The van der Waals surface area contributed by atoms with Crippen LogP contribution in [0.1, 0.15) is 63.3 Å². The maximum absolute atomic E-state index is 13.1. The maximum atomic E-state index is 13.1. The van der Waals surface area contributed by atoms with Gasteiger partial charge in [-0.2, -0.15) is 0 Å². The minimum Gasteiger partial charge on any atom is -0.481 e. The van der Waals surface area contributed by atoms with E-state index in [1.807, 2.05) is 42.2 Å². The number of amides is 2. The number of hydrogen-bond acceptors (Lipinski definition) is 3. The summed E-state index contributed by atoms with van der Waals surface area (Å²) < 4.78 is 5.97. The van der Waals surface area contributed by atoms with Crippen LogP contribution in [0, 0.1) is 5.92 Å². The summed E-state index contributed by atoms with van der Waals surface area (Å²) in [4.78, 5) is 27.3. The van der Waals surface area contributed by atoms with Crippen LogP contribution < -0.4 is 10.1 Å². The van der Waals surface area contributed by atoms with E-state index in [0.29, 0.717) is 31.2 Å². The fraction of sp³-hybridized carbons (Fsp3) is 0.462. The summed E-state index contributed by atoms with van der Waals surface area (Å²) >= 11 is 0. The molecule has 0 saturated heterocycles. The molecule has 1 heterocycles. The van der Waals surface area contributed by atoms with Crippen molar-refractivity contribution in [3.63, 3.8) is 0 Å². The van der Waals surface area contributed by atoms with Crippen molar-refractivity contribution in [1.29, 1.82) is 0 Å². The average molecular weight is 423 g/mol. The first-order chi connectivity index (χ1) is 14.9. The summed E-state index contributed by atoms with van der Waals surface area (Å²) in [5.74, 6) is 1.01. The predicted molar refractivity (Wildman–Crippen MR) is 123 cm³/mol. The van der Waals surface area contributed by atoms with Gasteiger partial charge < -0.3 is 15.0 Å². The largest absolute Gasteiger partial charge is 0.481 e. The second-order valence-corrected chi connectivity index (χ2v) is 8.66. The average Bonchev–Trinajstić information content (AvgIpc) is 2.76. The fourth-order valence-electron chi connectivity index (χ4n) is 4.05. The molecule has 2 unspecified atom stereocenters. The topological polar surface area (TPSA) is 58.6 Å². The molecule has 166 valence electrons. The Bertz CT molecular complexity index is 895. The molecule has 0 saturated carbocycles. The van der Waals surface area contributed by atoms with Gasteiger partial charge in [0.15, 0.2) is 6.10 Å². The van der Waals surface area contributed by atoms with Crippen LogP contribution in [0.3, 0.4) is 0 Å². The Labute approximate surface area is 185 Å². The molecule has 1 aliphatic rings. The summed E-state index contributed by atoms with van der Waals surface area (Å²) in [6.45, 7) is 9.27. The van der Waals surface area contributed by atoms with Crippen LogP contribution >= 0.6 is 0 Å². The van der Waals surface area contributed by atoms with Crippen LogP contribution in [0.2, 0.25) is 0 Å². The zero-order valence-corrected chi connectivity index (χ0v) is 19.1. The Morgan fingerprint density at radius 2 is 1.87 bits per heavy atom. The minimum absolute atomic E-state index is 0.118. The number of nitrogens with one attached hydrogen (secondary N) is 1. The molecular formula is C26H34N2O3. The molecule has 5 nitrogen and oxygen atoms in total. The van der Waals surface area contributed by atoms with Crippen molar-refractivity contribution in [2.24, 2.45) is 5.92 Å². The molecule has 31 heavy (non-hydrogen) atoms. The molecule has 2 amide bonds. The van der Waals surface area contributed by atoms with Gasteiger partial charge in [0.2, 0.25) is 5.91 Å².